The van der Waals surface area contributed by atoms with Crippen molar-refractivity contribution in [3.05, 3.63) is 164 Å². The number of hydrogen-bond acceptors (Lipinski definition) is 3. The van der Waals surface area contributed by atoms with Gasteiger partial charge in [-0.3, -0.25) is 15.0 Å². The largest absolute Gasteiger partial charge is 0.264 e. The van der Waals surface area contributed by atoms with Crippen molar-refractivity contribution in [2.24, 2.45) is 0 Å². The van der Waals surface area contributed by atoms with Crippen LogP contribution >= 0.6 is 0 Å². The maximum atomic E-state index is 4.60. The summed E-state index contributed by atoms with van der Waals surface area (Å²) in [6.07, 6.45) is 9.35. The van der Waals surface area contributed by atoms with Crippen LogP contribution in [-0.4, -0.2) is 15.0 Å². The normalized spacial score (nSPS) is 11.5. The standard InChI is InChI=1S/C43H27N3/c1-2-21-46-41(10-1)31-7-3-6-30(22-31)37-15-11-28-14-18-40-38(16-12-29-13-17-39(37)42(28)43(29)40)36-24-34(32-8-4-19-44-26-32)23-35(25-36)33-9-5-20-45-27-33/h1-27H. The number of nitrogens with zero attached hydrogens (tertiary/aromatic N) is 3. The Kier molecular flexibility index (Phi) is 6.14. The molecule has 6 aromatic carbocycles. The molecule has 9 rings (SSSR count). The van der Waals surface area contributed by atoms with Crippen molar-refractivity contribution >= 4 is 32.3 Å². The van der Waals surface area contributed by atoms with E-state index in [1.807, 2.05) is 55.2 Å². The molecule has 9 aromatic rings. The average molecular weight is 586 g/mol. The molecule has 0 aliphatic rings. The van der Waals surface area contributed by atoms with Crippen LogP contribution in [0.5, 0.6) is 0 Å². The zero-order valence-corrected chi connectivity index (χ0v) is 24.9. The summed E-state index contributed by atoms with van der Waals surface area (Å²) in [5.74, 6) is 0. The molecule has 0 unspecified atom stereocenters. The van der Waals surface area contributed by atoms with E-state index in [2.05, 4.69) is 124 Å². The minimum atomic E-state index is 0.978. The third kappa shape index (κ3) is 4.41. The van der Waals surface area contributed by atoms with Gasteiger partial charge in [-0.15, -0.1) is 0 Å². The number of aromatic nitrogens is 3. The summed E-state index contributed by atoms with van der Waals surface area (Å²) in [6.45, 7) is 0. The van der Waals surface area contributed by atoms with Gasteiger partial charge in [-0.25, -0.2) is 0 Å². The van der Waals surface area contributed by atoms with Crippen LogP contribution in [0.2, 0.25) is 0 Å². The van der Waals surface area contributed by atoms with Crippen molar-refractivity contribution in [3.63, 3.8) is 0 Å². The summed E-state index contributed by atoms with van der Waals surface area (Å²) in [5, 5.41) is 7.59. The Morgan fingerprint density at radius 3 is 1.48 bits per heavy atom. The van der Waals surface area contributed by atoms with Crippen LogP contribution < -0.4 is 0 Å². The summed E-state index contributed by atoms with van der Waals surface area (Å²) in [4.78, 5) is 13.4. The molecule has 0 amide bonds. The highest BCUT2D eigenvalue weighted by molar-refractivity contribution is 6.27. The Bertz CT molecular complexity index is 2450. The lowest BCUT2D eigenvalue weighted by Crippen LogP contribution is -1.91. The molecule has 0 saturated carbocycles. The fourth-order valence-corrected chi connectivity index (χ4v) is 6.87. The maximum absolute atomic E-state index is 4.60. The van der Waals surface area contributed by atoms with Gasteiger partial charge in [-0.2, -0.15) is 0 Å². The highest BCUT2D eigenvalue weighted by Gasteiger charge is 2.16. The van der Waals surface area contributed by atoms with E-state index in [4.69, 9.17) is 0 Å². The first kappa shape index (κ1) is 26.2. The third-order valence-corrected chi connectivity index (χ3v) is 9.03. The highest BCUT2D eigenvalue weighted by atomic mass is 14.7. The first-order valence-corrected chi connectivity index (χ1v) is 15.5. The molecule has 0 N–H and O–H groups in total. The predicted octanol–water partition coefficient (Wildman–Crippen LogP) is 11.1. The van der Waals surface area contributed by atoms with E-state index in [1.54, 1.807) is 0 Å². The Hall–Kier alpha value is -6.19. The van der Waals surface area contributed by atoms with Gasteiger partial charge in [0.25, 0.3) is 0 Å². The van der Waals surface area contributed by atoms with Crippen LogP contribution in [0.15, 0.2) is 164 Å². The molecule has 3 heteroatoms. The zero-order valence-electron chi connectivity index (χ0n) is 24.9. The lowest BCUT2D eigenvalue weighted by Gasteiger charge is -2.18. The predicted molar refractivity (Wildman–Crippen MR) is 191 cm³/mol. The molecular weight excluding hydrogens is 558 g/mol. The van der Waals surface area contributed by atoms with Gasteiger partial charge >= 0.3 is 0 Å². The molecule has 214 valence electrons. The second-order valence-corrected chi connectivity index (χ2v) is 11.7. The number of hydrogen-bond donors (Lipinski definition) is 0. The van der Waals surface area contributed by atoms with Crippen LogP contribution in [0.25, 0.3) is 88.1 Å². The van der Waals surface area contributed by atoms with E-state index in [-0.39, 0.29) is 0 Å². The summed E-state index contributed by atoms with van der Waals surface area (Å²) in [6, 6.07) is 48.0. The van der Waals surface area contributed by atoms with Crippen molar-refractivity contribution in [2.45, 2.75) is 0 Å². The molecule has 0 saturated heterocycles. The van der Waals surface area contributed by atoms with Crippen LogP contribution in [0.4, 0.5) is 0 Å². The number of pyridine rings is 3. The Morgan fingerprint density at radius 1 is 0.348 bits per heavy atom. The molecule has 46 heavy (non-hydrogen) atoms. The molecular formula is C43H27N3. The van der Waals surface area contributed by atoms with Gasteiger partial charge in [0.1, 0.15) is 0 Å². The van der Waals surface area contributed by atoms with Gasteiger partial charge in [0.15, 0.2) is 0 Å². The fraction of sp³-hybridized carbons (Fsp3) is 0. The quantitative estimate of drug-likeness (QED) is 0.189. The highest BCUT2D eigenvalue weighted by Crippen LogP contribution is 2.43. The maximum Gasteiger partial charge on any atom is 0.0702 e. The molecule has 0 spiro atoms. The Morgan fingerprint density at radius 2 is 0.891 bits per heavy atom. The van der Waals surface area contributed by atoms with Gasteiger partial charge in [-0.1, -0.05) is 84.9 Å². The molecule has 0 fully saturated rings. The molecule has 0 bridgehead atoms. The zero-order chi connectivity index (χ0) is 30.5. The van der Waals surface area contributed by atoms with E-state index in [9.17, 15) is 0 Å². The first-order valence-electron chi connectivity index (χ1n) is 15.5. The summed E-state index contributed by atoms with van der Waals surface area (Å²) in [5.41, 5.74) is 11.3. The second kappa shape index (κ2) is 10.8. The molecule has 0 aliphatic carbocycles. The minimum absolute atomic E-state index is 0.978. The Labute approximate surface area is 266 Å². The van der Waals surface area contributed by atoms with E-state index < -0.39 is 0 Å². The van der Waals surface area contributed by atoms with Crippen molar-refractivity contribution in [1.29, 1.82) is 0 Å². The number of rotatable bonds is 5. The summed E-state index contributed by atoms with van der Waals surface area (Å²) < 4.78 is 0. The van der Waals surface area contributed by atoms with Crippen LogP contribution in [-0.2, 0) is 0 Å². The van der Waals surface area contributed by atoms with Gasteiger partial charge in [-0.05, 0) is 114 Å². The van der Waals surface area contributed by atoms with Crippen LogP contribution in [0, 0.1) is 0 Å². The van der Waals surface area contributed by atoms with Gasteiger partial charge in [0.2, 0.25) is 0 Å². The fourth-order valence-electron chi connectivity index (χ4n) is 6.87. The molecule has 3 aromatic heterocycles. The summed E-state index contributed by atoms with van der Waals surface area (Å²) in [7, 11) is 0. The third-order valence-electron chi connectivity index (χ3n) is 9.03. The first-order chi connectivity index (χ1) is 22.8. The molecule has 0 aliphatic heterocycles. The Balaban J connectivity index is 1.27. The molecule has 0 radical (unpaired) electrons. The number of benzene rings is 6. The lowest BCUT2D eigenvalue weighted by molar-refractivity contribution is 1.32. The molecule has 3 nitrogen and oxygen atoms in total. The molecule has 3 heterocycles. The summed E-state index contributed by atoms with van der Waals surface area (Å²) >= 11 is 0. The van der Waals surface area contributed by atoms with E-state index in [1.165, 1.54) is 54.6 Å². The van der Waals surface area contributed by atoms with Crippen molar-refractivity contribution in [1.82, 2.24) is 15.0 Å². The second-order valence-electron chi connectivity index (χ2n) is 11.7. The van der Waals surface area contributed by atoms with E-state index >= 15 is 0 Å². The minimum Gasteiger partial charge on any atom is -0.264 e. The average Bonchev–Trinajstić information content (AvgIpc) is 3.14. The van der Waals surface area contributed by atoms with Crippen molar-refractivity contribution < 1.29 is 0 Å². The molecule has 0 atom stereocenters. The van der Waals surface area contributed by atoms with Crippen molar-refractivity contribution in [2.75, 3.05) is 0 Å². The van der Waals surface area contributed by atoms with Gasteiger partial charge in [0.05, 0.1) is 5.69 Å². The van der Waals surface area contributed by atoms with Crippen LogP contribution in [0.3, 0.4) is 0 Å². The SMILES string of the molecule is c1ccc(-c2cccc(-c3ccc4ccc5c(-c6cc(-c7cccnc7)cc(-c7cccnc7)c6)ccc6ccc3c4c65)c2)nc1. The van der Waals surface area contributed by atoms with Crippen molar-refractivity contribution in [3.8, 4) is 55.8 Å². The monoisotopic (exact) mass is 585 g/mol. The lowest BCUT2D eigenvalue weighted by atomic mass is 9.86. The smallest absolute Gasteiger partial charge is 0.0702 e. The van der Waals surface area contributed by atoms with E-state index in [0.717, 1.165) is 33.5 Å². The van der Waals surface area contributed by atoms with Crippen LogP contribution in [0.1, 0.15) is 0 Å². The van der Waals surface area contributed by atoms with Gasteiger partial charge in [0, 0.05) is 47.7 Å². The van der Waals surface area contributed by atoms with E-state index in [0.29, 0.717) is 0 Å². The topological polar surface area (TPSA) is 38.7 Å². The van der Waals surface area contributed by atoms with Gasteiger partial charge < -0.3 is 0 Å².